The summed E-state index contributed by atoms with van der Waals surface area (Å²) < 4.78 is 5.49. The number of nitrogens with zero attached hydrogens (tertiary/aromatic N) is 1. The van der Waals surface area contributed by atoms with Gasteiger partial charge in [0.1, 0.15) is 0 Å². The zero-order valence-corrected chi connectivity index (χ0v) is 21.4. The zero-order chi connectivity index (χ0) is 26.6. The first-order valence-electron chi connectivity index (χ1n) is 13.0. The second-order valence-electron chi connectivity index (χ2n) is 9.36. The van der Waals surface area contributed by atoms with Gasteiger partial charge < -0.3 is 21.1 Å². The van der Waals surface area contributed by atoms with Gasteiger partial charge in [0.05, 0.1) is 18.6 Å². The van der Waals surface area contributed by atoms with E-state index in [9.17, 15) is 9.59 Å². The van der Waals surface area contributed by atoms with Gasteiger partial charge in [0.15, 0.2) is 5.96 Å². The van der Waals surface area contributed by atoms with Gasteiger partial charge in [0.2, 0.25) is 5.91 Å². The Bertz CT molecular complexity index is 1210. The number of aliphatic imine (C=N–C) groups is 1. The van der Waals surface area contributed by atoms with E-state index < -0.39 is 6.03 Å². The van der Waals surface area contributed by atoms with Crippen molar-refractivity contribution in [3.63, 3.8) is 0 Å². The minimum absolute atomic E-state index is 0.0223. The molecule has 1 aliphatic rings. The Morgan fingerprint density at radius 3 is 2.37 bits per heavy atom. The van der Waals surface area contributed by atoms with E-state index in [1.807, 2.05) is 84.9 Å². The van der Waals surface area contributed by atoms with Crippen molar-refractivity contribution in [3.8, 4) is 0 Å². The molecule has 1 aliphatic heterocycles. The van der Waals surface area contributed by atoms with Crippen molar-refractivity contribution in [1.82, 2.24) is 16.0 Å². The first kappa shape index (κ1) is 26.9. The van der Waals surface area contributed by atoms with Gasteiger partial charge in [0.25, 0.3) is 0 Å². The third-order valence-electron chi connectivity index (χ3n) is 6.45. The molecule has 5 N–H and O–H groups in total. The topological polar surface area (TPSA) is 118 Å². The van der Waals surface area contributed by atoms with E-state index in [0.717, 1.165) is 41.7 Å². The predicted molar refractivity (Wildman–Crippen MR) is 148 cm³/mol. The first-order chi connectivity index (χ1) is 18.6. The summed E-state index contributed by atoms with van der Waals surface area (Å²) in [6.07, 6.45) is 2.64. The summed E-state index contributed by atoms with van der Waals surface area (Å²) in [6, 6.07) is 27.3. The molecule has 0 spiro atoms. The molecule has 38 heavy (non-hydrogen) atoms. The summed E-state index contributed by atoms with van der Waals surface area (Å²) in [5.74, 6) is -0.269. The Hall–Kier alpha value is -4.17. The maximum absolute atomic E-state index is 13.3. The summed E-state index contributed by atoms with van der Waals surface area (Å²) in [5, 5.41) is 8.39. The molecule has 8 nitrogen and oxygen atoms in total. The minimum atomic E-state index is -0.401. The van der Waals surface area contributed by atoms with Gasteiger partial charge >= 0.3 is 6.03 Å². The van der Waals surface area contributed by atoms with Crippen molar-refractivity contribution >= 4 is 17.9 Å². The number of guanidine groups is 1. The largest absolute Gasteiger partial charge is 0.376 e. The van der Waals surface area contributed by atoms with Crippen LogP contribution in [0.15, 0.2) is 89.9 Å². The average Bonchev–Trinajstić information content (AvgIpc) is 3.48. The summed E-state index contributed by atoms with van der Waals surface area (Å²) >= 11 is 0. The molecule has 198 valence electrons. The van der Waals surface area contributed by atoms with Crippen molar-refractivity contribution in [2.75, 3.05) is 13.2 Å². The highest BCUT2D eigenvalue weighted by Crippen LogP contribution is 2.21. The molecular weight excluding hydrogens is 478 g/mol. The SMILES string of the molecule is NC(=NCc1cccc(CNC(=O)C(Cc2ccccc2)c2ccccc2)c1)NC(=O)NCC1CCCO1. The third-order valence-corrected chi connectivity index (χ3v) is 6.45. The predicted octanol–water partition coefficient (Wildman–Crippen LogP) is 3.62. The van der Waals surface area contributed by atoms with Crippen LogP contribution in [0.5, 0.6) is 0 Å². The number of nitrogens with one attached hydrogen (secondary N) is 3. The fourth-order valence-electron chi connectivity index (χ4n) is 4.44. The van der Waals surface area contributed by atoms with E-state index in [1.54, 1.807) is 0 Å². The maximum atomic E-state index is 13.3. The summed E-state index contributed by atoms with van der Waals surface area (Å²) in [6.45, 7) is 1.89. The van der Waals surface area contributed by atoms with E-state index in [1.165, 1.54) is 0 Å². The van der Waals surface area contributed by atoms with Crippen molar-refractivity contribution in [2.24, 2.45) is 10.7 Å². The van der Waals surface area contributed by atoms with Crippen LogP contribution in [-0.4, -0.2) is 37.2 Å². The number of nitrogens with two attached hydrogens (primary N) is 1. The van der Waals surface area contributed by atoms with Crippen molar-refractivity contribution < 1.29 is 14.3 Å². The Labute approximate surface area is 223 Å². The molecule has 1 saturated heterocycles. The molecule has 3 amide bonds. The normalized spacial score (nSPS) is 16.0. The minimum Gasteiger partial charge on any atom is -0.376 e. The van der Waals surface area contributed by atoms with E-state index >= 15 is 0 Å². The molecule has 3 aromatic rings. The lowest BCUT2D eigenvalue weighted by Crippen LogP contribution is -2.45. The Kier molecular flexibility index (Phi) is 9.87. The van der Waals surface area contributed by atoms with Gasteiger partial charge in [-0.3, -0.25) is 10.1 Å². The van der Waals surface area contributed by atoms with Crippen molar-refractivity contribution in [2.45, 2.75) is 44.4 Å². The van der Waals surface area contributed by atoms with Crippen LogP contribution in [0.4, 0.5) is 4.79 Å². The molecule has 0 bridgehead atoms. The number of urea groups is 1. The molecule has 1 fully saturated rings. The molecule has 2 unspecified atom stereocenters. The first-order valence-corrected chi connectivity index (χ1v) is 13.0. The standard InChI is InChI=1S/C30H35N5O3/c31-29(35-30(37)34-21-26-15-8-16-38-26)33-20-24-12-7-11-23(17-24)19-32-28(36)27(25-13-5-2-6-14-25)18-22-9-3-1-4-10-22/h1-7,9-14,17,26-27H,8,15-16,18-21H2,(H,32,36)(H4,31,33,34,35,37). The van der Waals surface area contributed by atoms with Gasteiger partial charge in [-0.15, -0.1) is 0 Å². The second kappa shape index (κ2) is 13.9. The van der Waals surface area contributed by atoms with E-state index in [2.05, 4.69) is 20.9 Å². The number of hydrogen-bond acceptors (Lipinski definition) is 4. The molecule has 1 heterocycles. The summed E-state index contributed by atoms with van der Waals surface area (Å²) in [5.41, 5.74) is 9.86. The Balaban J connectivity index is 1.30. The molecule has 3 aromatic carbocycles. The third kappa shape index (κ3) is 8.45. The van der Waals surface area contributed by atoms with Gasteiger partial charge in [-0.2, -0.15) is 0 Å². The number of hydrogen-bond donors (Lipinski definition) is 4. The molecule has 4 rings (SSSR count). The number of carbonyl (C=O) groups excluding carboxylic acids is 2. The molecule has 0 aromatic heterocycles. The van der Waals surface area contributed by atoms with Crippen LogP contribution in [0, 0.1) is 0 Å². The number of carbonyl (C=O) groups is 2. The van der Waals surface area contributed by atoms with Crippen LogP contribution in [0.3, 0.4) is 0 Å². The van der Waals surface area contributed by atoms with E-state index in [4.69, 9.17) is 10.5 Å². The number of rotatable bonds is 10. The van der Waals surface area contributed by atoms with Crippen LogP contribution >= 0.6 is 0 Å². The van der Waals surface area contributed by atoms with Crippen LogP contribution in [0.1, 0.15) is 41.0 Å². The van der Waals surface area contributed by atoms with Gasteiger partial charge in [-0.05, 0) is 41.5 Å². The lowest BCUT2D eigenvalue weighted by molar-refractivity contribution is -0.122. The smallest absolute Gasteiger partial charge is 0.321 e. The van der Waals surface area contributed by atoms with Crippen LogP contribution < -0.4 is 21.7 Å². The molecular formula is C30H35N5O3. The van der Waals surface area contributed by atoms with E-state index in [0.29, 0.717) is 26.1 Å². The van der Waals surface area contributed by atoms with Crippen LogP contribution in [0.2, 0.25) is 0 Å². The molecule has 0 radical (unpaired) electrons. The quantitative estimate of drug-likeness (QED) is 0.245. The number of amides is 3. The lowest BCUT2D eigenvalue weighted by Gasteiger charge is -2.18. The van der Waals surface area contributed by atoms with Crippen molar-refractivity contribution in [1.29, 1.82) is 0 Å². The highest BCUT2D eigenvalue weighted by atomic mass is 16.5. The summed E-state index contributed by atoms with van der Waals surface area (Å²) in [4.78, 5) is 29.5. The number of benzene rings is 3. The second-order valence-corrected chi connectivity index (χ2v) is 9.36. The van der Waals surface area contributed by atoms with Crippen LogP contribution in [-0.2, 0) is 29.0 Å². The number of ether oxygens (including phenoxy) is 1. The Morgan fingerprint density at radius 2 is 1.63 bits per heavy atom. The molecule has 0 aliphatic carbocycles. The maximum Gasteiger partial charge on any atom is 0.321 e. The highest BCUT2D eigenvalue weighted by molar-refractivity contribution is 5.95. The average molecular weight is 514 g/mol. The fourth-order valence-corrected chi connectivity index (χ4v) is 4.44. The van der Waals surface area contributed by atoms with E-state index in [-0.39, 0.29) is 23.9 Å². The van der Waals surface area contributed by atoms with Crippen molar-refractivity contribution in [3.05, 3.63) is 107 Å². The Morgan fingerprint density at radius 1 is 0.921 bits per heavy atom. The van der Waals surface area contributed by atoms with Gasteiger partial charge in [0, 0.05) is 19.7 Å². The summed E-state index contributed by atoms with van der Waals surface area (Å²) in [7, 11) is 0. The lowest BCUT2D eigenvalue weighted by atomic mass is 9.91. The zero-order valence-electron chi connectivity index (χ0n) is 21.4. The van der Waals surface area contributed by atoms with Crippen LogP contribution in [0.25, 0.3) is 0 Å². The molecule has 8 heteroatoms. The molecule has 0 saturated carbocycles. The highest BCUT2D eigenvalue weighted by Gasteiger charge is 2.21. The fraction of sp³-hybridized carbons (Fsp3) is 0.300. The molecule has 2 atom stereocenters. The van der Waals surface area contributed by atoms with Gasteiger partial charge in [-0.1, -0.05) is 84.9 Å². The monoisotopic (exact) mass is 513 g/mol. The van der Waals surface area contributed by atoms with Gasteiger partial charge in [-0.25, -0.2) is 9.79 Å².